The first-order valence-electron chi connectivity index (χ1n) is 17.6. The van der Waals surface area contributed by atoms with Crippen LogP contribution in [0.4, 0.5) is 0 Å². The molecule has 7 aromatic carbocycles. The Balaban J connectivity index is 1.09. The summed E-state index contributed by atoms with van der Waals surface area (Å²) in [6, 6.07) is 44.0. The average molecular weight is 691 g/mol. The van der Waals surface area contributed by atoms with Crippen LogP contribution < -0.4 is 27.3 Å². The minimum absolute atomic E-state index is 0.160. The van der Waals surface area contributed by atoms with E-state index in [0.717, 1.165) is 66.1 Å². The second-order valence-corrected chi connectivity index (χ2v) is 13.5. The smallest absolute Gasteiger partial charge is 0.164 e. The van der Waals surface area contributed by atoms with Gasteiger partial charge >= 0.3 is 0 Å². The molecule has 0 amide bonds. The van der Waals surface area contributed by atoms with E-state index in [1.807, 2.05) is 84.9 Å². The normalized spacial score (nSPS) is 11.6. The molecule has 0 unspecified atom stereocenters. The maximum absolute atomic E-state index is 6.43. The Kier molecular flexibility index (Phi) is 7.70. The van der Waals surface area contributed by atoms with Crippen molar-refractivity contribution in [2.45, 2.75) is 0 Å². The van der Waals surface area contributed by atoms with Gasteiger partial charge in [-0.05, 0) is 59.2 Å². The summed E-state index contributed by atoms with van der Waals surface area (Å²) in [4.78, 5) is 14.9. The van der Waals surface area contributed by atoms with Gasteiger partial charge in [-0.25, -0.2) is 15.0 Å². The largest absolute Gasteiger partial charge is 0.456 e. The molecule has 0 fully saturated rings. The Morgan fingerprint density at radius 1 is 0.345 bits per heavy atom. The molecular formula is C45H22B5N3O2. The summed E-state index contributed by atoms with van der Waals surface area (Å²) in [5, 5.41) is 4.08. The van der Waals surface area contributed by atoms with Gasteiger partial charge in [0.1, 0.15) is 61.6 Å². The van der Waals surface area contributed by atoms with Gasteiger partial charge in [-0.15, -0.1) is 16.4 Å². The molecule has 0 aliphatic heterocycles. The molecule has 10 rings (SSSR count). The molecule has 0 aliphatic carbocycles. The molecule has 10 radical (unpaired) electrons. The van der Waals surface area contributed by atoms with Gasteiger partial charge < -0.3 is 8.83 Å². The summed E-state index contributed by atoms with van der Waals surface area (Å²) < 4.78 is 12.8. The lowest BCUT2D eigenvalue weighted by Gasteiger charge is -2.21. The predicted octanol–water partition coefficient (Wildman–Crippen LogP) is 5.97. The van der Waals surface area contributed by atoms with E-state index in [1.54, 1.807) is 0 Å². The van der Waals surface area contributed by atoms with Crippen LogP contribution in [0, 0.1) is 0 Å². The first-order valence-corrected chi connectivity index (χ1v) is 17.6. The molecule has 0 saturated heterocycles. The number of nitrogens with zero attached hydrogens (tertiary/aromatic N) is 3. The van der Waals surface area contributed by atoms with Gasteiger partial charge in [0.15, 0.2) is 17.5 Å². The van der Waals surface area contributed by atoms with Gasteiger partial charge in [-0.2, -0.15) is 0 Å². The molecule has 0 saturated carbocycles. The maximum atomic E-state index is 6.43. The first kappa shape index (κ1) is 33.1. The van der Waals surface area contributed by atoms with Crippen LogP contribution in [0.2, 0.25) is 0 Å². The minimum atomic E-state index is 0.160. The number of hydrogen-bond donors (Lipinski definition) is 0. The number of furan rings is 2. The highest BCUT2D eigenvalue weighted by Crippen LogP contribution is 2.39. The second-order valence-electron chi connectivity index (χ2n) is 13.5. The van der Waals surface area contributed by atoms with Crippen LogP contribution in [0.1, 0.15) is 0 Å². The Morgan fingerprint density at radius 3 is 1.69 bits per heavy atom. The summed E-state index contributed by atoms with van der Waals surface area (Å²) >= 11 is 0. The Morgan fingerprint density at radius 2 is 0.909 bits per heavy atom. The van der Waals surface area contributed by atoms with Gasteiger partial charge in [0.05, 0.1) is 0 Å². The Bertz CT molecular complexity index is 3150. The summed E-state index contributed by atoms with van der Waals surface area (Å²) in [5.74, 6) is 1.48. The Labute approximate surface area is 322 Å². The van der Waals surface area contributed by atoms with E-state index in [0.29, 0.717) is 34.2 Å². The van der Waals surface area contributed by atoms with E-state index in [-0.39, 0.29) is 27.3 Å². The predicted molar refractivity (Wildman–Crippen MR) is 229 cm³/mol. The van der Waals surface area contributed by atoms with Crippen molar-refractivity contribution in [2.24, 2.45) is 0 Å². The molecule has 5 nitrogen and oxygen atoms in total. The van der Waals surface area contributed by atoms with Crippen LogP contribution in [0.25, 0.3) is 100 Å². The van der Waals surface area contributed by atoms with Crippen LogP contribution in [0.15, 0.2) is 142 Å². The third-order valence-corrected chi connectivity index (χ3v) is 10.2. The molecular weight excluding hydrogens is 669 g/mol. The molecule has 0 bridgehead atoms. The molecule has 0 aliphatic rings. The molecule has 244 valence electrons. The highest BCUT2D eigenvalue weighted by atomic mass is 16.3. The summed E-state index contributed by atoms with van der Waals surface area (Å²) in [6.45, 7) is 0. The van der Waals surface area contributed by atoms with Gasteiger partial charge in [0.2, 0.25) is 0 Å². The summed E-state index contributed by atoms with van der Waals surface area (Å²) in [5.41, 5.74) is 9.80. The zero-order chi connectivity index (χ0) is 37.4. The fourth-order valence-corrected chi connectivity index (χ4v) is 7.38. The van der Waals surface area contributed by atoms with E-state index >= 15 is 0 Å². The number of aromatic nitrogens is 3. The van der Waals surface area contributed by atoms with Crippen LogP contribution in [0.5, 0.6) is 0 Å². The van der Waals surface area contributed by atoms with E-state index in [1.165, 1.54) is 0 Å². The maximum Gasteiger partial charge on any atom is 0.164 e. The third-order valence-electron chi connectivity index (χ3n) is 10.2. The topological polar surface area (TPSA) is 65.0 Å². The molecule has 10 heteroatoms. The summed E-state index contributed by atoms with van der Waals surface area (Å²) in [7, 11) is 31.4. The molecule has 3 heterocycles. The zero-order valence-electron chi connectivity index (χ0n) is 29.2. The molecule has 0 spiro atoms. The molecule has 10 aromatic rings. The van der Waals surface area contributed by atoms with E-state index in [9.17, 15) is 0 Å². The van der Waals surface area contributed by atoms with Crippen LogP contribution in [0.3, 0.4) is 0 Å². The quantitative estimate of drug-likeness (QED) is 0.208. The van der Waals surface area contributed by atoms with E-state index in [2.05, 4.69) is 48.5 Å². The highest BCUT2D eigenvalue weighted by Gasteiger charge is 2.18. The molecule has 3 aromatic heterocycles. The molecule has 55 heavy (non-hydrogen) atoms. The lowest BCUT2D eigenvalue weighted by Crippen LogP contribution is -2.55. The number of hydrogen-bond acceptors (Lipinski definition) is 5. The van der Waals surface area contributed by atoms with Crippen molar-refractivity contribution in [3.63, 3.8) is 0 Å². The second kappa shape index (κ2) is 12.8. The minimum Gasteiger partial charge on any atom is -0.456 e. The standard InChI is InChI=1S/C45H22B5N3O2/c46-37-36(38(47)40(49)41(50)39(37)48)25-10-6-11-26(20-25)44-51-43(23-8-2-1-3-9-23)52-45(53-44)27-17-19-34-32(21-27)30-18-16-24(22-35(30)54-34)28-13-7-14-31-29-12-4-5-15-33(29)55-42(28)31/h1-22H. The van der Waals surface area contributed by atoms with Gasteiger partial charge in [0.25, 0.3) is 0 Å². The first-order chi connectivity index (χ1) is 26.8. The van der Waals surface area contributed by atoms with Crippen molar-refractivity contribution in [3.8, 4) is 56.4 Å². The average Bonchev–Trinajstić information content (AvgIpc) is 3.80. The van der Waals surface area contributed by atoms with E-state index in [4.69, 9.17) is 63.0 Å². The fraction of sp³-hybridized carbons (Fsp3) is 0. The lowest BCUT2D eigenvalue weighted by molar-refractivity contribution is 0.668. The van der Waals surface area contributed by atoms with Crippen molar-refractivity contribution in [1.29, 1.82) is 0 Å². The van der Waals surface area contributed by atoms with Gasteiger partial charge in [-0.1, -0.05) is 102 Å². The van der Waals surface area contributed by atoms with Gasteiger partial charge in [-0.3, -0.25) is 0 Å². The molecule has 0 N–H and O–H groups in total. The Hall–Kier alpha value is -6.53. The van der Waals surface area contributed by atoms with Crippen LogP contribution in [-0.2, 0) is 0 Å². The van der Waals surface area contributed by atoms with Crippen LogP contribution >= 0.6 is 0 Å². The number of para-hydroxylation sites is 2. The zero-order valence-corrected chi connectivity index (χ0v) is 29.2. The van der Waals surface area contributed by atoms with Crippen LogP contribution in [-0.4, -0.2) is 54.2 Å². The number of fused-ring (bicyclic) bond motifs is 6. The monoisotopic (exact) mass is 691 g/mol. The summed E-state index contributed by atoms with van der Waals surface area (Å²) in [6.07, 6.45) is 0. The third kappa shape index (κ3) is 5.43. The van der Waals surface area contributed by atoms with Crippen molar-refractivity contribution in [1.82, 2.24) is 15.0 Å². The van der Waals surface area contributed by atoms with Crippen molar-refractivity contribution in [2.75, 3.05) is 0 Å². The fourth-order valence-electron chi connectivity index (χ4n) is 7.38. The lowest BCUT2D eigenvalue weighted by atomic mass is 9.59. The number of rotatable bonds is 5. The SMILES string of the molecule is [B]c1c([B])c([B])c(-c2cccc(-c3nc(-c4ccccc4)nc(-c4ccc5oc6cc(-c7cccc8c7oc7ccccc78)ccc6c5c4)n3)c2)c([B])c1[B]. The van der Waals surface area contributed by atoms with Crippen molar-refractivity contribution in [3.05, 3.63) is 133 Å². The highest BCUT2D eigenvalue weighted by molar-refractivity contribution is 6.68. The van der Waals surface area contributed by atoms with E-state index < -0.39 is 0 Å². The number of benzene rings is 7. The van der Waals surface area contributed by atoms with Gasteiger partial charge in [0, 0.05) is 43.8 Å². The van der Waals surface area contributed by atoms with Crippen molar-refractivity contribution < 1.29 is 8.83 Å². The molecule has 0 atom stereocenters. The van der Waals surface area contributed by atoms with Crippen molar-refractivity contribution >= 4 is 110 Å².